The average molecular weight is 324 g/mol. The van der Waals surface area contributed by atoms with Crippen LogP contribution in [0, 0.1) is 18.6 Å². The summed E-state index contributed by atoms with van der Waals surface area (Å²) in [5.41, 5.74) is 3.15. The minimum Gasteiger partial charge on any atom is -0.411 e. The highest BCUT2D eigenvalue weighted by molar-refractivity contribution is 6.51. The summed E-state index contributed by atoms with van der Waals surface area (Å²) in [6.07, 6.45) is 2.43. The summed E-state index contributed by atoms with van der Waals surface area (Å²) < 4.78 is 28.4. The molecule has 1 aromatic carbocycles. The Morgan fingerprint density at radius 2 is 1.95 bits per heavy atom. The first-order chi connectivity index (χ1) is 10.5. The maximum absolute atomic E-state index is 13.4. The van der Waals surface area contributed by atoms with Crippen molar-refractivity contribution in [3.8, 4) is 5.69 Å². The maximum Gasteiger partial charge on any atom is 0.128 e. The average Bonchev–Trinajstić information content (AvgIpc) is 2.79. The number of allylic oxidation sites excluding steroid dienone is 1. The fourth-order valence-corrected chi connectivity index (χ4v) is 3.07. The topological polar surface area (TPSA) is 50.4 Å². The molecule has 2 aromatic rings. The van der Waals surface area contributed by atoms with E-state index in [0.717, 1.165) is 11.8 Å². The molecule has 3 rings (SSSR count). The van der Waals surface area contributed by atoms with Crippen molar-refractivity contribution in [3.63, 3.8) is 0 Å². The summed E-state index contributed by atoms with van der Waals surface area (Å²) >= 11 is 6.34. The molecule has 1 aliphatic carbocycles. The summed E-state index contributed by atoms with van der Waals surface area (Å²) in [5, 5.41) is 16.5. The van der Waals surface area contributed by atoms with Gasteiger partial charge in [0.15, 0.2) is 0 Å². The predicted molar refractivity (Wildman–Crippen MR) is 79.6 cm³/mol. The van der Waals surface area contributed by atoms with Crippen LogP contribution in [-0.4, -0.2) is 21.2 Å². The number of oxime groups is 1. The van der Waals surface area contributed by atoms with Crippen LogP contribution in [0.15, 0.2) is 28.9 Å². The lowest BCUT2D eigenvalue weighted by Gasteiger charge is -2.16. The molecule has 0 saturated heterocycles. The van der Waals surface area contributed by atoms with Crippen molar-refractivity contribution in [1.82, 2.24) is 9.78 Å². The Kier molecular flexibility index (Phi) is 3.70. The van der Waals surface area contributed by atoms with E-state index in [4.69, 9.17) is 16.8 Å². The lowest BCUT2D eigenvalue weighted by atomic mass is 9.96. The number of hydrogen-bond acceptors (Lipinski definition) is 3. The van der Waals surface area contributed by atoms with Gasteiger partial charge in [-0.05, 0) is 37.5 Å². The smallest absolute Gasteiger partial charge is 0.128 e. The maximum atomic E-state index is 13.4. The zero-order valence-corrected chi connectivity index (χ0v) is 12.4. The SMILES string of the molecule is Cc1nn(-c2cc(F)cc(F)c2)c2c1C(Cl)=C(/C=N/O)CC2. The first kappa shape index (κ1) is 14.7. The van der Waals surface area contributed by atoms with Gasteiger partial charge in [0.25, 0.3) is 0 Å². The third-order valence-electron chi connectivity index (χ3n) is 3.59. The minimum absolute atomic E-state index is 0.311. The number of benzene rings is 1. The number of halogens is 3. The van der Waals surface area contributed by atoms with Crippen molar-refractivity contribution in [3.05, 3.63) is 52.4 Å². The van der Waals surface area contributed by atoms with Gasteiger partial charge in [-0.15, -0.1) is 0 Å². The molecule has 7 heteroatoms. The van der Waals surface area contributed by atoms with Gasteiger partial charge >= 0.3 is 0 Å². The van der Waals surface area contributed by atoms with Gasteiger partial charge in [-0.1, -0.05) is 16.8 Å². The van der Waals surface area contributed by atoms with Gasteiger partial charge in [0, 0.05) is 11.6 Å². The molecule has 1 aromatic heterocycles. The van der Waals surface area contributed by atoms with E-state index in [9.17, 15) is 8.78 Å². The molecular formula is C15H12ClF2N3O. The molecule has 22 heavy (non-hydrogen) atoms. The Labute approximate surface area is 130 Å². The second-order valence-corrected chi connectivity index (χ2v) is 5.41. The molecule has 1 N–H and O–H groups in total. The van der Waals surface area contributed by atoms with Gasteiger partial charge in [-0.25, -0.2) is 13.5 Å². The van der Waals surface area contributed by atoms with Crippen LogP contribution < -0.4 is 0 Å². The summed E-state index contributed by atoms with van der Waals surface area (Å²) in [6, 6.07) is 3.26. The molecule has 0 bridgehead atoms. The number of nitrogens with zero attached hydrogens (tertiary/aromatic N) is 3. The van der Waals surface area contributed by atoms with Crippen molar-refractivity contribution in [2.75, 3.05) is 0 Å². The zero-order chi connectivity index (χ0) is 15.9. The first-order valence-corrected chi connectivity index (χ1v) is 7.00. The molecule has 1 heterocycles. The zero-order valence-electron chi connectivity index (χ0n) is 11.6. The van der Waals surface area contributed by atoms with Crippen LogP contribution in [0.2, 0.25) is 0 Å². The van der Waals surface area contributed by atoms with Gasteiger partial charge in [0.05, 0.1) is 28.3 Å². The van der Waals surface area contributed by atoms with Crippen molar-refractivity contribution in [2.24, 2.45) is 5.16 Å². The van der Waals surface area contributed by atoms with Crippen molar-refractivity contribution in [2.45, 2.75) is 19.8 Å². The highest BCUT2D eigenvalue weighted by Gasteiger charge is 2.25. The van der Waals surface area contributed by atoms with Crippen LogP contribution in [0.5, 0.6) is 0 Å². The fraction of sp³-hybridized carbons (Fsp3) is 0.200. The van der Waals surface area contributed by atoms with Crippen LogP contribution in [0.3, 0.4) is 0 Å². The van der Waals surface area contributed by atoms with Gasteiger partial charge in [-0.3, -0.25) is 0 Å². The standard InChI is InChI=1S/C15H12ClF2N3O/c1-8-14-13(3-2-9(7-19-22)15(14)16)21(20-8)12-5-10(17)4-11(18)6-12/h4-7,22H,2-3H2,1H3/b19-7+. The Morgan fingerprint density at radius 1 is 1.27 bits per heavy atom. The van der Waals surface area contributed by atoms with Crippen LogP contribution in [-0.2, 0) is 6.42 Å². The van der Waals surface area contributed by atoms with Crippen molar-refractivity contribution in [1.29, 1.82) is 0 Å². The molecule has 0 amide bonds. The molecule has 114 valence electrons. The third-order valence-corrected chi connectivity index (χ3v) is 4.03. The van der Waals surface area contributed by atoms with Gasteiger partial charge in [-0.2, -0.15) is 5.10 Å². The van der Waals surface area contributed by atoms with E-state index in [2.05, 4.69) is 10.3 Å². The third kappa shape index (κ3) is 2.39. The highest BCUT2D eigenvalue weighted by atomic mass is 35.5. The molecule has 0 spiro atoms. The Morgan fingerprint density at radius 3 is 2.59 bits per heavy atom. The van der Waals surface area contributed by atoms with Crippen LogP contribution in [0.1, 0.15) is 23.4 Å². The van der Waals surface area contributed by atoms with Crippen molar-refractivity contribution < 1.29 is 14.0 Å². The second-order valence-electron chi connectivity index (χ2n) is 5.03. The molecule has 0 atom stereocenters. The van der Waals surface area contributed by atoms with Crippen LogP contribution in [0.4, 0.5) is 8.78 Å². The Bertz CT molecular complexity index is 791. The number of rotatable bonds is 2. The van der Waals surface area contributed by atoms with E-state index in [1.807, 2.05) is 0 Å². The molecule has 0 aliphatic heterocycles. The second kappa shape index (κ2) is 5.53. The van der Waals surface area contributed by atoms with Gasteiger partial charge < -0.3 is 5.21 Å². The lowest BCUT2D eigenvalue weighted by molar-refractivity contribution is 0.321. The molecule has 0 radical (unpaired) electrons. The summed E-state index contributed by atoms with van der Waals surface area (Å²) in [7, 11) is 0. The molecule has 0 fully saturated rings. The highest BCUT2D eigenvalue weighted by Crippen LogP contribution is 2.36. The number of hydrogen-bond donors (Lipinski definition) is 1. The Hall–Kier alpha value is -2.21. The fourth-order valence-electron chi connectivity index (χ4n) is 2.68. The number of aryl methyl sites for hydroxylation is 1. The monoisotopic (exact) mass is 323 g/mol. The normalized spacial score (nSPS) is 14.7. The van der Waals surface area contributed by atoms with E-state index in [1.54, 1.807) is 6.92 Å². The van der Waals surface area contributed by atoms with Gasteiger partial charge in [0.1, 0.15) is 11.6 Å². The Balaban J connectivity index is 2.19. The predicted octanol–water partition coefficient (Wildman–Crippen LogP) is 3.82. The minimum atomic E-state index is -0.664. The quantitative estimate of drug-likeness (QED) is 0.519. The van der Waals surface area contributed by atoms with Gasteiger partial charge in [0.2, 0.25) is 0 Å². The van der Waals surface area contributed by atoms with Crippen LogP contribution in [0.25, 0.3) is 10.7 Å². The summed E-state index contributed by atoms with van der Waals surface area (Å²) in [5.74, 6) is -1.33. The number of aromatic nitrogens is 2. The molecule has 4 nitrogen and oxygen atoms in total. The van der Waals surface area contributed by atoms with E-state index in [1.165, 1.54) is 23.0 Å². The lowest BCUT2D eigenvalue weighted by Crippen LogP contribution is -2.09. The molecule has 0 unspecified atom stereocenters. The molecule has 1 aliphatic rings. The van der Waals surface area contributed by atoms with E-state index in [0.29, 0.717) is 40.4 Å². The van der Waals surface area contributed by atoms with E-state index >= 15 is 0 Å². The summed E-state index contributed by atoms with van der Waals surface area (Å²) in [4.78, 5) is 0. The summed E-state index contributed by atoms with van der Waals surface area (Å²) in [6.45, 7) is 1.77. The van der Waals surface area contributed by atoms with Crippen molar-refractivity contribution >= 4 is 22.8 Å². The van der Waals surface area contributed by atoms with E-state index in [-0.39, 0.29) is 0 Å². The van der Waals surface area contributed by atoms with Crippen LogP contribution >= 0.6 is 11.6 Å². The molecule has 0 saturated carbocycles. The molecular weight excluding hydrogens is 312 g/mol. The number of fused-ring (bicyclic) bond motifs is 1. The largest absolute Gasteiger partial charge is 0.411 e. The van der Waals surface area contributed by atoms with E-state index < -0.39 is 11.6 Å². The first-order valence-electron chi connectivity index (χ1n) is 6.62.